The van der Waals surface area contributed by atoms with Crippen LogP contribution >= 0.6 is 12.4 Å². The monoisotopic (exact) mass is 266 g/mol. The van der Waals surface area contributed by atoms with Crippen molar-refractivity contribution in [1.29, 1.82) is 0 Å². The number of ether oxygens (including phenoxy) is 1. The molecule has 1 aromatic carbocycles. The van der Waals surface area contributed by atoms with Crippen LogP contribution < -0.4 is 5.32 Å². The van der Waals surface area contributed by atoms with Crippen LogP contribution in [0.4, 0.5) is 0 Å². The Morgan fingerprint density at radius 1 is 1.33 bits per heavy atom. The van der Waals surface area contributed by atoms with Gasteiger partial charge in [-0.1, -0.05) is 18.2 Å². The fraction of sp³-hybridized carbons (Fsp3) is 0.429. The van der Waals surface area contributed by atoms with Crippen molar-refractivity contribution in [3.8, 4) is 0 Å². The Labute approximate surface area is 113 Å². The summed E-state index contributed by atoms with van der Waals surface area (Å²) in [7, 11) is 0. The largest absolute Gasteiger partial charge is 0.377 e. The predicted octanol–water partition coefficient (Wildman–Crippen LogP) is 2.86. The molecular weight excluding hydrogens is 248 g/mol. The van der Waals surface area contributed by atoms with Crippen LogP contribution in [0.5, 0.6) is 0 Å². The van der Waals surface area contributed by atoms with Gasteiger partial charge in [0.1, 0.15) is 0 Å². The fourth-order valence-corrected chi connectivity index (χ4v) is 2.45. The molecule has 2 aromatic rings. The Morgan fingerprint density at radius 3 is 3.06 bits per heavy atom. The van der Waals surface area contributed by atoms with E-state index in [1.165, 1.54) is 29.3 Å². The van der Waals surface area contributed by atoms with Crippen molar-refractivity contribution in [2.45, 2.75) is 25.5 Å². The summed E-state index contributed by atoms with van der Waals surface area (Å²) in [6.07, 6.45) is 4.91. The van der Waals surface area contributed by atoms with Gasteiger partial charge in [-0.05, 0) is 24.5 Å². The molecule has 3 rings (SSSR count). The molecule has 1 unspecified atom stereocenters. The van der Waals surface area contributed by atoms with E-state index < -0.39 is 0 Å². The highest BCUT2D eigenvalue weighted by Gasteiger charge is 2.14. The minimum absolute atomic E-state index is 0. The van der Waals surface area contributed by atoms with Crippen molar-refractivity contribution in [1.82, 2.24) is 10.3 Å². The first-order valence-corrected chi connectivity index (χ1v) is 6.31. The smallest absolute Gasteiger partial charge is 0.0700 e. The number of nitrogens with one attached hydrogen (secondary N) is 2. The highest BCUT2D eigenvalue weighted by atomic mass is 35.5. The van der Waals surface area contributed by atoms with E-state index in [0.717, 1.165) is 19.7 Å². The van der Waals surface area contributed by atoms with Crippen LogP contribution in [0, 0.1) is 0 Å². The molecule has 1 aliphatic heterocycles. The van der Waals surface area contributed by atoms with Crippen LogP contribution in [0.25, 0.3) is 10.9 Å². The predicted molar refractivity (Wildman–Crippen MR) is 76.2 cm³/mol. The number of rotatable bonds is 4. The first-order chi connectivity index (χ1) is 8.43. The van der Waals surface area contributed by atoms with Gasteiger partial charge in [-0.3, -0.25) is 0 Å². The molecule has 2 heterocycles. The lowest BCUT2D eigenvalue weighted by molar-refractivity contribution is 0.110. The summed E-state index contributed by atoms with van der Waals surface area (Å²) in [5, 5.41) is 4.79. The molecule has 1 atom stereocenters. The van der Waals surface area contributed by atoms with Gasteiger partial charge in [0.05, 0.1) is 6.10 Å². The molecular formula is C14H19ClN2O. The van der Waals surface area contributed by atoms with Gasteiger partial charge in [-0.25, -0.2) is 0 Å². The summed E-state index contributed by atoms with van der Waals surface area (Å²) in [4.78, 5) is 3.30. The number of aromatic nitrogens is 1. The first-order valence-electron chi connectivity index (χ1n) is 6.31. The molecule has 1 aliphatic rings. The van der Waals surface area contributed by atoms with Crippen molar-refractivity contribution >= 4 is 23.3 Å². The normalized spacial score (nSPS) is 19.0. The summed E-state index contributed by atoms with van der Waals surface area (Å²) in [5.74, 6) is 0. The second-order valence-corrected chi connectivity index (χ2v) is 4.63. The molecule has 0 radical (unpaired) electrons. The molecule has 0 aliphatic carbocycles. The van der Waals surface area contributed by atoms with Gasteiger partial charge in [0.25, 0.3) is 0 Å². The standard InChI is InChI=1S/C14H18N2O.ClH/c1-2-6-14-13(5-1)11(9-16-14)8-15-10-12-4-3-7-17-12;/h1-2,5-6,9,12,15-16H,3-4,7-8,10H2;1H. The molecule has 0 spiro atoms. The summed E-state index contributed by atoms with van der Waals surface area (Å²) < 4.78 is 5.59. The van der Waals surface area contributed by atoms with E-state index >= 15 is 0 Å². The Morgan fingerprint density at radius 2 is 2.22 bits per heavy atom. The lowest BCUT2D eigenvalue weighted by Crippen LogP contribution is -2.25. The summed E-state index contributed by atoms with van der Waals surface area (Å²) >= 11 is 0. The fourth-order valence-electron chi connectivity index (χ4n) is 2.45. The van der Waals surface area contributed by atoms with E-state index in [9.17, 15) is 0 Å². The number of hydrogen-bond donors (Lipinski definition) is 2. The van der Waals surface area contributed by atoms with Crippen molar-refractivity contribution in [3.05, 3.63) is 36.0 Å². The molecule has 2 N–H and O–H groups in total. The number of fused-ring (bicyclic) bond motifs is 1. The van der Waals surface area contributed by atoms with Crippen molar-refractivity contribution < 1.29 is 4.74 Å². The Hall–Kier alpha value is -1.03. The Kier molecular flexibility index (Phi) is 4.64. The number of para-hydroxylation sites is 1. The number of H-pyrrole nitrogens is 1. The van der Waals surface area contributed by atoms with Gasteiger partial charge in [0.2, 0.25) is 0 Å². The molecule has 4 heteroatoms. The average molecular weight is 267 g/mol. The molecule has 1 fully saturated rings. The topological polar surface area (TPSA) is 37.0 Å². The van der Waals surface area contributed by atoms with Gasteiger partial charge in [-0.15, -0.1) is 12.4 Å². The van der Waals surface area contributed by atoms with E-state index in [2.05, 4.69) is 40.8 Å². The van der Waals surface area contributed by atoms with E-state index in [1.54, 1.807) is 0 Å². The van der Waals surface area contributed by atoms with Crippen LogP contribution in [-0.4, -0.2) is 24.2 Å². The van der Waals surface area contributed by atoms with Gasteiger partial charge >= 0.3 is 0 Å². The highest BCUT2D eigenvalue weighted by molar-refractivity contribution is 5.85. The number of halogens is 1. The van der Waals surface area contributed by atoms with E-state index in [1.807, 2.05) is 0 Å². The van der Waals surface area contributed by atoms with Crippen molar-refractivity contribution in [2.75, 3.05) is 13.2 Å². The summed E-state index contributed by atoms with van der Waals surface area (Å²) in [6, 6.07) is 8.41. The molecule has 0 saturated carbocycles. The van der Waals surface area contributed by atoms with Gasteiger partial charge in [-0.2, -0.15) is 0 Å². The Balaban J connectivity index is 0.00000120. The third-order valence-electron chi connectivity index (χ3n) is 3.39. The van der Waals surface area contributed by atoms with Crippen molar-refractivity contribution in [2.24, 2.45) is 0 Å². The first kappa shape index (κ1) is 13.4. The van der Waals surface area contributed by atoms with E-state index in [-0.39, 0.29) is 12.4 Å². The second-order valence-electron chi connectivity index (χ2n) is 4.63. The lowest BCUT2D eigenvalue weighted by Gasteiger charge is -2.10. The maximum Gasteiger partial charge on any atom is 0.0700 e. The molecule has 0 bridgehead atoms. The van der Waals surface area contributed by atoms with Crippen molar-refractivity contribution in [3.63, 3.8) is 0 Å². The number of benzene rings is 1. The number of hydrogen-bond acceptors (Lipinski definition) is 2. The zero-order valence-electron chi connectivity index (χ0n) is 10.3. The summed E-state index contributed by atoms with van der Waals surface area (Å²) in [6.45, 7) is 2.79. The van der Waals surface area contributed by atoms with Crippen LogP contribution in [0.1, 0.15) is 18.4 Å². The molecule has 0 amide bonds. The molecule has 98 valence electrons. The molecule has 1 saturated heterocycles. The van der Waals surface area contributed by atoms with Gasteiger partial charge in [0.15, 0.2) is 0 Å². The van der Waals surface area contributed by atoms with E-state index in [0.29, 0.717) is 6.10 Å². The third kappa shape index (κ3) is 2.86. The maximum atomic E-state index is 5.59. The van der Waals surface area contributed by atoms with Crippen LogP contribution in [0.3, 0.4) is 0 Å². The average Bonchev–Trinajstić information content (AvgIpc) is 2.99. The summed E-state index contributed by atoms with van der Waals surface area (Å²) in [5.41, 5.74) is 2.54. The second kappa shape index (κ2) is 6.23. The zero-order chi connectivity index (χ0) is 11.5. The minimum Gasteiger partial charge on any atom is -0.377 e. The molecule has 18 heavy (non-hydrogen) atoms. The quantitative estimate of drug-likeness (QED) is 0.893. The molecule has 3 nitrogen and oxygen atoms in total. The highest BCUT2D eigenvalue weighted by Crippen LogP contribution is 2.17. The third-order valence-corrected chi connectivity index (χ3v) is 3.39. The molecule has 1 aromatic heterocycles. The van der Waals surface area contributed by atoms with Crippen LogP contribution in [0.15, 0.2) is 30.5 Å². The number of aromatic amines is 1. The Bertz CT molecular complexity index is 491. The minimum atomic E-state index is 0. The van der Waals surface area contributed by atoms with E-state index in [4.69, 9.17) is 4.74 Å². The zero-order valence-corrected chi connectivity index (χ0v) is 11.1. The van der Waals surface area contributed by atoms with Gasteiger partial charge in [0, 0.05) is 36.8 Å². The van der Waals surface area contributed by atoms with Crippen LogP contribution in [-0.2, 0) is 11.3 Å². The SMILES string of the molecule is Cl.c1ccc2c(CNCC3CCCO3)c[nH]c2c1. The lowest BCUT2D eigenvalue weighted by atomic mass is 10.1. The maximum absolute atomic E-state index is 5.59. The van der Waals surface area contributed by atoms with Crippen LogP contribution in [0.2, 0.25) is 0 Å². The van der Waals surface area contributed by atoms with Gasteiger partial charge < -0.3 is 15.0 Å².